The van der Waals surface area contributed by atoms with Crippen LogP contribution >= 0.6 is 0 Å². The second-order valence-corrected chi connectivity index (χ2v) is 9.24. The molecule has 1 aromatic carbocycles. The van der Waals surface area contributed by atoms with Crippen molar-refractivity contribution in [2.75, 3.05) is 55.9 Å². The molecule has 2 fully saturated rings. The molecular weight excluding hydrogens is 437 g/mol. The molecule has 3 aliphatic rings. The summed E-state index contributed by atoms with van der Waals surface area (Å²) in [6, 6.07) is 5.54. The van der Waals surface area contributed by atoms with E-state index in [2.05, 4.69) is 43.5 Å². The van der Waals surface area contributed by atoms with Gasteiger partial charge in [0.15, 0.2) is 11.6 Å². The summed E-state index contributed by atoms with van der Waals surface area (Å²) in [5, 5.41) is 6.26. The largest absolute Gasteiger partial charge is 0.495 e. The maximum atomic E-state index is 14.6. The minimum atomic E-state index is -0.580. The fraction of sp³-hybridized carbons (Fsp3) is 0.458. The maximum absolute atomic E-state index is 14.6. The summed E-state index contributed by atoms with van der Waals surface area (Å²) in [6.07, 6.45) is 6.05. The summed E-state index contributed by atoms with van der Waals surface area (Å²) in [5.74, 6) is -0.0878. The number of hydrogen-bond donors (Lipinski definition) is 3. The first kappa shape index (κ1) is 22.4. The summed E-state index contributed by atoms with van der Waals surface area (Å²) in [6.45, 7) is 3.86. The third-order valence-electron chi connectivity index (χ3n) is 7.12. The van der Waals surface area contributed by atoms with Crippen molar-refractivity contribution in [1.29, 1.82) is 0 Å². The van der Waals surface area contributed by atoms with Crippen LogP contribution in [0.3, 0.4) is 0 Å². The molecule has 1 saturated carbocycles. The summed E-state index contributed by atoms with van der Waals surface area (Å²) < 4.78 is 20.2. The molecule has 2 aliphatic carbocycles. The molecular formula is C24H30FN7O2. The smallest absolute Gasteiger partial charge is 0.229 e. The van der Waals surface area contributed by atoms with Crippen molar-refractivity contribution in [3.05, 3.63) is 42.4 Å². The molecule has 2 heterocycles. The number of aromatic nitrogens is 2. The van der Waals surface area contributed by atoms with Crippen LogP contribution in [0.1, 0.15) is 6.42 Å². The summed E-state index contributed by atoms with van der Waals surface area (Å²) in [7, 11) is 3.77. The number of ether oxygens (including phenoxy) is 1. The zero-order valence-corrected chi connectivity index (χ0v) is 19.4. The number of primary amides is 1. The topological polar surface area (TPSA) is 109 Å². The number of benzene rings is 1. The molecule has 5 rings (SSSR count). The number of carbonyl (C=O) groups is 1. The number of nitrogens with one attached hydrogen (secondary N) is 2. The third-order valence-corrected chi connectivity index (χ3v) is 7.12. The standard InChI is InChI=1S/C24H30FN7O2/c1-31-7-9-32(10-8-31)18-6-5-16(12-19(18)34-2)28-24-27-13-17(25)23(30-24)29-21-15-4-3-14(11-15)20(21)22(26)33/h3-6,12-15,20-21H,7-11H2,1-2H3,(H2,26,33)(H2,27,28,29,30). The number of nitrogens with two attached hydrogens (primary N) is 1. The molecule has 0 radical (unpaired) electrons. The van der Waals surface area contributed by atoms with Crippen molar-refractivity contribution in [1.82, 2.24) is 14.9 Å². The number of rotatable bonds is 7. The number of halogens is 1. The van der Waals surface area contributed by atoms with Gasteiger partial charge in [-0.25, -0.2) is 9.37 Å². The van der Waals surface area contributed by atoms with Crippen LogP contribution in [0, 0.1) is 23.6 Å². The average molecular weight is 468 g/mol. The van der Waals surface area contributed by atoms with E-state index < -0.39 is 5.82 Å². The van der Waals surface area contributed by atoms with Gasteiger partial charge in [0.2, 0.25) is 11.9 Å². The third kappa shape index (κ3) is 4.25. The van der Waals surface area contributed by atoms with Crippen LogP contribution in [0.25, 0.3) is 0 Å². The average Bonchev–Trinajstić information content (AvgIpc) is 3.44. The second-order valence-electron chi connectivity index (χ2n) is 9.24. The lowest BCUT2D eigenvalue weighted by Gasteiger charge is -2.34. The van der Waals surface area contributed by atoms with E-state index in [0.717, 1.165) is 55.9 Å². The van der Waals surface area contributed by atoms with Gasteiger partial charge in [-0.15, -0.1) is 0 Å². The first-order valence-electron chi connectivity index (χ1n) is 11.6. The molecule has 1 aliphatic heterocycles. The SMILES string of the molecule is COc1cc(Nc2ncc(F)c(NC3C4C=CC(C4)C3C(N)=O)n2)ccc1N1CCN(C)CC1. The van der Waals surface area contributed by atoms with Gasteiger partial charge >= 0.3 is 0 Å². The minimum absolute atomic E-state index is 0.0516. The van der Waals surface area contributed by atoms with Crippen LogP contribution in [0.5, 0.6) is 5.75 Å². The molecule has 9 nitrogen and oxygen atoms in total. The van der Waals surface area contributed by atoms with Gasteiger partial charge in [0.05, 0.1) is 24.9 Å². The highest BCUT2D eigenvalue weighted by Crippen LogP contribution is 2.45. The highest BCUT2D eigenvalue weighted by molar-refractivity contribution is 5.79. The van der Waals surface area contributed by atoms with Crippen molar-refractivity contribution in [3.63, 3.8) is 0 Å². The summed E-state index contributed by atoms with van der Waals surface area (Å²) in [4.78, 5) is 25.0. The van der Waals surface area contributed by atoms with E-state index in [0.29, 0.717) is 0 Å². The number of fused-ring (bicyclic) bond motifs is 2. The molecule has 180 valence electrons. The van der Waals surface area contributed by atoms with Gasteiger partial charge < -0.3 is 30.9 Å². The van der Waals surface area contributed by atoms with Crippen LogP contribution in [-0.4, -0.2) is 67.2 Å². The van der Waals surface area contributed by atoms with E-state index in [1.807, 2.05) is 24.3 Å². The van der Waals surface area contributed by atoms with E-state index in [4.69, 9.17) is 10.5 Å². The number of anilines is 4. The Hall–Kier alpha value is -3.40. The van der Waals surface area contributed by atoms with E-state index >= 15 is 0 Å². The van der Waals surface area contributed by atoms with Crippen LogP contribution in [-0.2, 0) is 4.79 Å². The summed E-state index contributed by atoms with van der Waals surface area (Å²) >= 11 is 0. The Morgan fingerprint density at radius 3 is 2.71 bits per heavy atom. The van der Waals surface area contributed by atoms with Gasteiger partial charge in [-0.3, -0.25) is 4.79 Å². The molecule has 4 unspecified atom stereocenters. The number of hydrogen-bond acceptors (Lipinski definition) is 8. The van der Waals surface area contributed by atoms with Gasteiger partial charge in [0.1, 0.15) is 5.75 Å². The summed E-state index contributed by atoms with van der Waals surface area (Å²) in [5.41, 5.74) is 7.39. The van der Waals surface area contributed by atoms with Crippen LogP contribution < -0.4 is 26.0 Å². The number of piperazine rings is 1. The monoisotopic (exact) mass is 467 g/mol. The highest BCUT2D eigenvalue weighted by atomic mass is 19.1. The maximum Gasteiger partial charge on any atom is 0.229 e. The van der Waals surface area contributed by atoms with Crippen molar-refractivity contribution >= 4 is 29.0 Å². The van der Waals surface area contributed by atoms with Crippen LogP contribution in [0.4, 0.5) is 27.5 Å². The van der Waals surface area contributed by atoms with E-state index in [9.17, 15) is 9.18 Å². The molecule has 1 amide bonds. The van der Waals surface area contributed by atoms with E-state index in [-0.39, 0.29) is 41.5 Å². The fourth-order valence-electron chi connectivity index (χ4n) is 5.29. The highest BCUT2D eigenvalue weighted by Gasteiger charge is 2.47. The Bertz CT molecular complexity index is 1100. The van der Waals surface area contributed by atoms with Crippen molar-refractivity contribution < 1.29 is 13.9 Å². The predicted octanol–water partition coefficient (Wildman–Crippen LogP) is 2.21. The number of amides is 1. The first-order chi connectivity index (χ1) is 16.4. The molecule has 10 heteroatoms. The normalized spacial score (nSPS) is 26.0. The Kier molecular flexibility index (Phi) is 5.99. The van der Waals surface area contributed by atoms with Gasteiger partial charge in [0, 0.05) is 44.0 Å². The molecule has 4 atom stereocenters. The number of likely N-dealkylation sites (N-methyl/N-ethyl adjacent to an activating group) is 1. The second kappa shape index (κ2) is 9.09. The first-order valence-corrected chi connectivity index (χ1v) is 11.6. The molecule has 2 aromatic rings. The Morgan fingerprint density at radius 1 is 1.21 bits per heavy atom. The Labute approximate surface area is 198 Å². The van der Waals surface area contributed by atoms with Crippen molar-refractivity contribution in [2.45, 2.75) is 12.5 Å². The molecule has 1 saturated heterocycles. The zero-order chi connectivity index (χ0) is 23.8. The lowest BCUT2D eigenvalue weighted by molar-refractivity contribution is -0.122. The molecule has 4 N–H and O–H groups in total. The van der Waals surface area contributed by atoms with Gasteiger partial charge in [-0.2, -0.15) is 4.98 Å². The molecule has 2 bridgehead atoms. The van der Waals surface area contributed by atoms with Crippen molar-refractivity contribution in [2.24, 2.45) is 23.5 Å². The van der Waals surface area contributed by atoms with Crippen molar-refractivity contribution in [3.8, 4) is 5.75 Å². The fourth-order valence-corrected chi connectivity index (χ4v) is 5.29. The number of allylic oxidation sites excluding steroid dienone is 1. The van der Waals surface area contributed by atoms with Gasteiger partial charge in [-0.05, 0) is 37.4 Å². The van der Waals surface area contributed by atoms with Crippen LogP contribution in [0.15, 0.2) is 36.5 Å². The van der Waals surface area contributed by atoms with Crippen LogP contribution in [0.2, 0.25) is 0 Å². The molecule has 0 spiro atoms. The Balaban J connectivity index is 1.33. The molecule has 34 heavy (non-hydrogen) atoms. The lowest BCUT2D eigenvalue weighted by Crippen LogP contribution is -2.44. The predicted molar refractivity (Wildman–Crippen MR) is 129 cm³/mol. The molecule has 1 aromatic heterocycles. The quantitative estimate of drug-likeness (QED) is 0.532. The van der Waals surface area contributed by atoms with E-state index in [1.165, 1.54) is 0 Å². The Morgan fingerprint density at radius 2 is 1.97 bits per heavy atom. The van der Waals surface area contributed by atoms with Gasteiger partial charge in [0.25, 0.3) is 0 Å². The lowest BCUT2D eigenvalue weighted by atomic mass is 9.88. The number of nitrogens with zero attached hydrogens (tertiary/aromatic N) is 4. The number of methoxy groups -OCH3 is 1. The van der Waals surface area contributed by atoms with E-state index in [1.54, 1.807) is 7.11 Å². The minimum Gasteiger partial charge on any atom is -0.495 e. The zero-order valence-electron chi connectivity index (χ0n) is 19.4. The van der Waals surface area contributed by atoms with Gasteiger partial charge in [-0.1, -0.05) is 12.2 Å². The number of carbonyl (C=O) groups excluding carboxylic acids is 1.